The summed E-state index contributed by atoms with van der Waals surface area (Å²) in [6, 6.07) is 15.3. The number of halogens is 2. The highest BCUT2D eigenvalue weighted by atomic mass is 79.9. The summed E-state index contributed by atoms with van der Waals surface area (Å²) in [6.45, 7) is 0. The molecule has 3 rings (SSSR count). The first kappa shape index (κ1) is 13.2. The van der Waals surface area contributed by atoms with Crippen molar-refractivity contribution in [2.45, 2.75) is 0 Å². The van der Waals surface area contributed by atoms with Gasteiger partial charge in [-0.15, -0.1) is 0 Å². The predicted molar refractivity (Wildman–Crippen MR) is 84.5 cm³/mol. The summed E-state index contributed by atoms with van der Waals surface area (Å²) in [6.07, 6.45) is 0. The van der Waals surface area contributed by atoms with Gasteiger partial charge < -0.3 is 10.3 Å². The molecule has 0 saturated heterocycles. The molecule has 3 aromatic rings. The van der Waals surface area contributed by atoms with E-state index in [0.717, 1.165) is 21.2 Å². The topological polar surface area (TPSA) is 52.0 Å². The predicted octanol–water partition coefficient (Wildman–Crippen LogP) is 5.01. The lowest BCUT2D eigenvalue weighted by atomic mass is 10.0. The number of hydrogen-bond donors (Lipinski definition) is 1. The van der Waals surface area contributed by atoms with Crippen molar-refractivity contribution in [3.8, 4) is 22.4 Å². The molecule has 2 N–H and O–H groups in total. The quantitative estimate of drug-likeness (QED) is 0.708. The van der Waals surface area contributed by atoms with Crippen LogP contribution in [0.3, 0.4) is 0 Å². The fourth-order valence-corrected chi connectivity index (χ4v) is 2.93. The van der Waals surface area contributed by atoms with Crippen molar-refractivity contribution in [1.82, 2.24) is 5.16 Å². The highest BCUT2D eigenvalue weighted by Gasteiger charge is 2.17. The van der Waals surface area contributed by atoms with Gasteiger partial charge in [-0.05, 0) is 23.8 Å². The smallest absolute Gasteiger partial charge is 0.230 e. The molecule has 0 spiro atoms. The fourth-order valence-electron chi connectivity index (χ4n) is 2.07. The van der Waals surface area contributed by atoms with E-state index in [4.69, 9.17) is 21.9 Å². The number of nitrogens with zero attached hydrogens (tertiary/aromatic N) is 1. The van der Waals surface area contributed by atoms with Crippen molar-refractivity contribution in [3.05, 3.63) is 58.0 Å². The molecule has 100 valence electrons. The Kier molecular flexibility index (Phi) is 3.51. The lowest BCUT2D eigenvalue weighted by molar-refractivity contribution is 0.439. The molecule has 0 radical (unpaired) electrons. The van der Waals surface area contributed by atoms with Crippen molar-refractivity contribution in [2.24, 2.45) is 0 Å². The maximum Gasteiger partial charge on any atom is 0.230 e. The van der Waals surface area contributed by atoms with E-state index in [0.29, 0.717) is 16.6 Å². The number of rotatable bonds is 2. The van der Waals surface area contributed by atoms with Crippen LogP contribution in [-0.2, 0) is 0 Å². The fraction of sp³-hybridized carbons (Fsp3) is 0. The number of nitrogens with two attached hydrogens (primary N) is 1. The molecule has 0 saturated carbocycles. The highest BCUT2D eigenvalue weighted by molar-refractivity contribution is 9.10. The number of anilines is 1. The second-order valence-corrected chi connectivity index (χ2v) is 5.65. The minimum absolute atomic E-state index is 0.294. The number of aromatic nitrogens is 1. The third kappa shape index (κ3) is 2.44. The normalized spacial score (nSPS) is 10.7. The van der Waals surface area contributed by atoms with Gasteiger partial charge in [0.2, 0.25) is 5.88 Å². The zero-order valence-corrected chi connectivity index (χ0v) is 12.6. The van der Waals surface area contributed by atoms with Crippen LogP contribution in [0.2, 0.25) is 5.02 Å². The van der Waals surface area contributed by atoms with E-state index < -0.39 is 0 Å². The van der Waals surface area contributed by atoms with E-state index in [1.165, 1.54) is 0 Å². The highest BCUT2D eigenvalue weighted by Crippen LogP contribution is 2.37. The first-order chi connectivity index (χ1) is 9.65. The van der Waals surface area contributed by atoms with Crippen LogP contribution in [0.15, 0.2) is 57.5 Å². The van der Waals surface area contributed by atoms with Crippen LogP contribution in [0.5, 0.6) is 0 Å². The first-order valence-electron chi connectivity index (χ1n) is 5.92. The monoisotopic (exact) mass is 348 g/mol. The molecular formula is C15H10BrClN2O. The summed E-state index contributed by atoms with van der Waals surface area (Å²) >= 11 is 9.51. The van der Waals surface area contributed by atoms with E-state index >= 15 is 0 Å². The zero-order chi connectivity index (χ0) is 14.1. The number of nitrogen functional groups attached to an aromatic ring is 1. The van der Waals surface area contributed by atoms with E-state index in [2.05, 4.69) is 21.1 Å². The second kappa shape index (κ2) is 5.31. The molecular weight excluding hydrogens is 340 g/mol. The van der Waals surface area contributed by atoms with Gasteiger partial charge in [0.1, 0.15) is 5.69 Å². The Morgan fingerprint density at radius 1 is 1.05 bits per heavy atom. The summed E-state index contributed by atoms with van der Waals surface area (Å²) < 4.78 is 6.03. The van der Waals surface area contributed by atoms with Crippen molar-refractivity contribution in [1.29, 1.82) is 0 Å². The molecule has 0 unspecified atom stereocenters. The molecule has 2 aromatic carbocycles. The van der Waals surface area contributed by atoms with E-state index in [-0.39, 0.29) is 0 Å². The molecule has 1 aromatic heterocycles. The lowest BCUT2D eigenvalue weighted by Gasteiger charge is -2.04. The van der Waals surface area contributed by atoms with Gasteiger partial charge in [-0.2, -0.15) is 0 Å². The Morgan fingerprint density at radius 2 is 1.80 bits per heavy atom. The molecule has 0 amide bonds. The van der Waals surface area contributed by atoms with Crippen LogP contribution in [0.4, 0.5) is 5.88 Å². The SMILES string of the molecule is Nc1onc(-c2cc(Cl)cc(Br)c2)c1-c1ccccc1. The van der Waals surface area contributed by atoms with Gasteiger partial charge in [-0.3, -0.25) is 0 Å². The molecule has 5 heteroatoms. The Labute approximate surface area is 129 Å². The molecule has 0 atom stereocenters. The van der Waals surface area contributed by atoms with Crippen LogP contribution in [-0.4, -0.2) is 5.16 Å². The van der Waals surface area contributed by atoms with Crippen molar-refractivity contribution in [3.63, 3.8) is 0 Å². The Bertz CT molecular complexity index is 736. The van der Waals surface area contributed by atoms with E-state index in [9.17, 15) is 0 Å². The number of benzene rings is 2. The van der Waals surface area contributed by atoms with Gasteiger partial charge in [0.25, 0.3) is 0 Å². The molecule has 0 bridgehead atoms. The average Bonchev–Trinajstić information content (AvgIpc) is 2.80. The Morgan fingerprint density at radius 3 is 2.50 bits per heavy atom. The van der Waals surface area contributed by atoms with Gasteiger partial charge in [0, 0.05) is 15.1 Å². The third-order valence-corrected chi connectivity index (χ3v) is 3.59. The van der Waals surface area contributed by atoms with Crippen LogP contribution >= 0.6 is 27.5 Å². The zero-order valence-electron chi connectivity index (χ0n) is 10.3. The van der Waals surface area contributed by atoms with E-state index in [1.807, 2.05) is 48.5 Å². The molecule has 3 nitrogen and oxygen atoms in total. The van der Waals surface area contributed by atoms with Gasteiger partial charge in [0.15, 0.2) is 0 Å². The van der Waals surface area contributed by atoms with Crippen LogP contribution < -0.4 is 5.73 Å². The van der Waals surface area contributed by atoms with Crippen molar-refractivity contribution >= 4 is 33.4 Å². The van der Waals surface area contributed by atoms with Gasteiger partial charge >= 0.3 is 0 Å². The third-order valence-electron chi connectivity index (χ3n) is 2.92. The first-order valence-corrected chi connectivity index (χ1v) is 7.09. The Balaban J connectivity index is 2.21. The second-order valence-electron chi connectivity index (χ2n) is 4.29. The maximum absolute atomic E-state index is 6.09. The standard InChI is InChI=1S/C15H10BrClN2O/c16-11-6-10(7-12(17)8-11)14-13(15(18)20-19-14)9-4-2-1-3-5-9/h1-8H,18H2. The summed E-state index contributed by atoms with van der Waals surface area (Å²) in [5.41, 5.74) is 9.17. The lowest BCUT2D eigenvalue weighted by Crippen LogP contribution is -1.87. The molecule has 20 heavy (non-hydrogen) atoms. The summed E-state index contributed by atoms with van der Waals surface area (Å²) in [5, 5.41) is 4.69. The summed E-state index contributed by atoms with van der Waals surface area (Å²) in [5.74, 6) is 0.294. The van der Waals surface area contributed by atoms with Crippen LogP contribution in [0, 0.1) is 0 Å². The summed E-state index contributed by atoms with van der Waals surface area (Å²) in [7, 11) is 0. The Hall–Kier alpha value is -1.78. The molecule has 0 aliphatic rings. The molecule has 0 fully saturated rings. The van der Waals surface area contributed by atoms with Crippen molar-refractivity contribution < 1.29 is 4.52 Å². The summed E-state index contributed by atoms with van der Waals surface area (Å²) in [4.78, 5) is 0. The van der Waals surface area contributed by atoms with E-state index in [1.54, 1.807) is 0 Å². The number of hydrogen-bond acceptors (Lipinski definition) is 3. The molecule has 0 aliphatic carbocycles. The average molecular weight is 350 g/mol. The van der Waals surface area contributed by atoms with Gasteiger partial charge in [0.05, 0.1) is 5.56 Å². The van der Waals surface area contributed by atoms with Crippen LogP contribution in [0.1, 0.15) is 0 Å². The molecule has 1 heterocycles. The van der Waals surface area contributed by atoms with Crippen LogP contribution in [0.25, 0.3) is 22.4 Å². The minimum Gasteiger partial charge on any atom is -0.367 e. The largest absolute Gasteiger partial charge is 0.367 e. The van der Waals surface area contributed by atoms with Gasteiger partial charge in [-0.1, -0.05) is 63.0 Å². The van der Waals surface area contributed by atoms with Crippen molar-refractivity contribution in [2.75, 3.05) is 5.73 Å². The minimum atomic E-state index is 0.294. The maximum atomic E-state index is 6.09. The molecule has 0 aliphatic heterocycles. The van der Waals surface area contributed by atoms with Gasteiger partial charge in [-0.25, -0.2) is 0 Å².